The second-order valence-electron chi connectivity index (χ2n) is 6.13. The first kappa shape index (κ1) is 20.0. The minimum absolute atomic E-state index is 0. The van der Waals surface area contributed by atoms with Crippen LogP contribution in [0.5, 0.6) is 0 Å². The molecule has 1 rings (SSSR count). The van der Waals surface area contributed by atoms with E-state index in [1.54, 1.807) is 0 Å². The fourth-order valence-corrected chi connectivity index (χ4v) is 2.43. The molecule has 4 nitrogen and oxygen atoms in total. The predicted molar refractivity (Wildman–Crippen MR) is 99.1 cm³/mol. The third-order valence-corrected chi connectivity index (χ3v) is 4.66. The van der Waals surface area contributed by atoms with Gasteiger partial charge in [-0.2, -0.15) is 0 Å². The van der Waals surface area contributed by atoms with Gasteiger partial charge >= 0.3 is 0 Å². The molecule has 0 unspecified atom stereocenters. The summed E-state index contributed by atoms with van der Waals surface area (Å²) in [7, 11) is 4.00. The Hall–Kier alpha value is -0.0400. The van der Waals surface area contributed by atoms with E-state index >= 15 is 0 Å². The summed E-state index contributed by atoms with van der Waals surface area (Å²) in [6.45, 7) is 9.77. The highest BCUT2D eigenvalue weighted by molar-refractivity contribution is 14.0. The Morgan fingerprint density at radius 2 is 1.95 bits per heavy atom. The van der Waals surface area contributed by atoms with Crippen molar-refractivity contribution in [3.05, 3.63) is 0 Å². The van der Waals surface area contributed by atoms with Crippen LogP contribution in [0.15, 0.2) is 4.99 Å². The molecule has 0 aromatic carbocycles. The van der Waals surface area contributed by atoms with Crippen LogP contribution in [0.25, 0.3) is 0 Å². The average Bonchev–Trinajstić information content (AvgIpc) is 2.35. The Morgan fingerprint density at radius 3 is 2.35 bits per heavy atom. The highest BCUT2D eigenvalue weighted by atomic mass is 127. The van der Waals surface area contributed by atoms with Crippen molar-refractivity contribution in [3.8, 4) is 0 Å². The summed E-state index contributed by atoms with van der Waals surface area (Å²) in [6, 6.07) is 0.593. The second-order valence-corrected chi connectivity index (χ2v) is 6.13. The topological polar surface area (TPSA) is 39.7 Å². The van der Waals surface area contributed by atoms with E-state index in [4.69, 9.17) is 0 Å². The van der Waals surface area contributed by atoms with E-state index in [2.05, 4.69) is 48.3 Å². The molecule has 0 bridgehead atoms. The first-order valence-electron chi connectivity index (χ1n) is 7.68. The molecule has 0 aromatic rings. The minimum Gasteiger partial charge on any atom is -0.356 e. The molecule has 0 aliphatic heterocycles. The Balaban J connectivity index is 0.00000361. The molecule has 0 aromatic heterocycles. The summed E-state index contributed by atoms with van der Waals surface area (Å²) in [5.41, 5.74) is 0.534. The van der Waals surface area contributed by atoms with Crippen LogP contribution in [0.1, 0.15) is 46.5 Å². The van der Waals surface area contributed by atoms with Crippen LogP contribution in [0.2, 0.25) is 0 Å². The van der Waals surface area contributed by atoms with Crippen LogP contribution in [0, 0.1) is 5.41 Å². The van der Waals surface area contributed by atoms with Gasteiger partial charge in [0.1, 0.15) is 0 Å². The Morgan fingerprint density at radius 1 is 1.30 bits per heavy atom. The quantitative estimate of drug-likeness (QED) is 0.395. The van der Waals surface area contributed by atoms with Crippen LogP contribution in [0.4, 0.5) is 0 Å². The molecule has 1 saturated carbocycles. The van der Waals surface area contributed by atoms with E-state index in [0.717, 1.165) is 25.6 Å². The molecular formula is C15H33IN4. The van der Waals surface area contributed by atoms with Gasteiger partial charge in [0, 0.05) is 32.7 Å². The molecule has 0 amide bonds. The van der Waals surface area contributed by atoms with Crippen molar-refractivity contribution in [2.75, 3.05) is 33.7 Å². The van der Waals surface area contributed by atoms with Gasteiger partial charge in [-0.25, -0.2) is 0 Å². The van der Waals surface area contributed by atoms with Gasteiger partial charge in [-0.1, -0.05) is 13.3 Å². The first-order valence-corrected chi connectivity index (χ1v) is 7.68. The number of hydrogen-bond donors (Lipinski definition) is 2. The minimum atomic E-state index is 0. The molecule has 0 heterocycles. The maximum atomic E-state index is 4.30. The fourth-order valence-electron chi connectivity index (χ4n) is 2.43. The van der Waals surface area contributed by atoms with Crippen molar-refractivity contribution >= 4 is 29.9 Å². The molecule has 1 aliphatic rings. The second kappa shape index (κ2) is 9.82. The maximum Gasteiger partial charge on any atom is 0.191 e. The van der Waals surface area contributed by atoms with Crippen LogP contribution in [0.3, 0.4) is 0 Å². The van der Waals surface area contributed by atoms with Gasteiger partial charge in [-0.3, -0.25) is 4.99 Å². The van der Waals surface area contributed by atoms with E-state index < -0.39 is 0 Å². The number of hydrogen-bond acceptors (Lipinski definition) is 2. The smallest absolute Gasteiger partial charge is 0.191 e. The Bertz CT molecular complexity index is 282. The summed E-state index contributed by atoms with van der Waals surface area (Å²) < 4.78 is 0. The van der Waals surface area contributed by atoms with E-state index in [1.807, 2.05) is 7.05 Å². The predicted octanol–water partition coefficient (Wildman–Crippen LogP) is 2.69. The Kier molecular flexibility index (Phi) is 9.80. The summed E-state index contributed by atoms with van der Waals surface area (Å²) in [6.07, 6.45) is 5.39. The van der Waals surface area contributed by atoms with Crippen LogP contribution >= 0.6 is 24.0 Å². The zero-order valence-electron chi connectivity index (χ0n) is 13.8. The van der Waals surface area contributed by atoms with Crippen molar-refractivity contribution in [1.82, 2.24) is 15.5 Å². The van der Waals surface area contributed by atoms with Crippen molar-refractivity contribution in [2.45, 2.75) is 52.5 Å². The molecular weight excluding hydrogens is 363 g/mol. The normalized spacial score (nSPS) is 17.6. The zero-order valence-corrected chi connectivity index (χ0v) is 16.2. The van der Waals surface area contributed by atoms with Crippen molar-refractivity contribution in [2.24, 2.45) is 10.4 Å². The monoisotopic (exact) mass is 396 g/mol. The van der Waals surface area contributed by atoms with Gasteiger partial charge in [0.2, 0.25) is 0 Å². The van der Waals surface area contributed by atoms with E-state index in [1.165, 1.54) is 25.7 Å². The standard InChI is InChI=1S/C15H32N4.HI/c1-6-15(8-7-9-15)12-18-14(16-4)17-10-11-19(5)13(2)3;/h13H,6-12H2,1-5H3,(H2,16,17,18);1H. The van der Waals surface area contributed by atoms with Crippen LogP contribution < -0.4 is 10.6 Å². The van der Waals surface area contributed by atoms with E-state index in [-0.39, 0.29) is 24.0 Å². The lowest BCUT2D eigenvalue weighted by Crippen LogP contribution is -2.47. The van der Waals surface area contributed by atoms with Gasteiger partial charge in [-0.15, -0.1) is 24.0 Å². The molecule has 1 fully saturated rings. The molecule has 5 heteroatoms. The molecule has 2 N–H and O–H groups in total. The van der Waals surface area contributed by atoms with Crippen molar-refractivity contribution < 1.29 is 0 Å². The lowest BCUT2D eigenvalue weighted by molar-refractivity contribution is 0.131. The number of nitrogens with zero attached hydrogens (tertiary/aromatic N) is 2. The molecule has 0 spiro atoms. The van der Waals surface area contributed by atoms with E-state index in [0.29, 0.717) is 11.5 Å². The molecule has 0 radical (unpaired) electrons. The molecule has 20 heavy (non-hydrogen) atoms. The number of rotatable bonds is 7. The summed E-state index contributed by atoms with van der Waals surface area (Å²) >= 11 is 0. The van der Waals surface area contributed by atoms with Gasteiger partial charge in [0.05, 0.1) is 0 Å². The van der Waals surface area contributed by atoms with E-state index in [9.17, 15) is 0 Å². The number of nitrogens with one attached hydrogen (secondary N) is 2. The first-order chi connectivity index (χ1) is 9.03. The molecule has 1 aliphatic carbocycles. The van der Waals surface area contributed by atoms with Crippen LogP contribution in [-0.4, -0.2) is 50.6 Å². The SMILES string of the molecule is CCC1(CNC(=NC)NCCN(C)C(C)C)CCC1.I. The zero-order chi connectivity index (χ0) is 14.3. The summed E-state index contributed by atoms with van der Waals surface area (Å²) in [4.78, 5) is 6.63. The Labute approximate surface area is 142 Å². The van der Waals surface area contributed by atoms with Crippen LogP contribution in [-0.2, 0) is 0 Å². The van der Waals surface area contributed by atoms with Gasteiger partial charge in [-0.05, 0) is 45.6 Å². The molecule has 0 atom stereocenters. The summed E-state index contributed by atoms with van der Waals surface area (Å²) in [5, 5.41) is 6.88. The largest absolute Gasteiger partial charge is 0.356 e. The number of halogens is 1. The third kappa shape index (κ3) is 6.16. The molecule has 0 saturated heterocycles. The number of guanidine groups is 1. The van der Waals surface area contributed by atoms with Gasteiger partial charge in [0.25, 0.3) is 0 Å². The van der Waals surface area contributed by atoms with Gasteiger partial charge < -0.3 is 15.5 Å². The van der Waals surface area contributed by atoms with Gasteiger partial charge in [0.15, 0.2) is 5.96 Å². The molecule has 120 valence electrons. The highest BCUT2D eigenvalue weighted by Crippen LogP contribution is 2.42. The van der Waals surface area contributed by atoms with Crippen molar-refractivity contribution in [3.63, 3.8) is 0 Å². The maximum absolute atomic E-state index is 4.30. The lowest BCUT2D eigenvalue weighted by Gasteiger charge is -2.41. The number of likely N-dealkylation sites (N-methyl/N-ethyl adjacent to an activating group) is 1. The fraction of sp³-hybridized carbons (Fsp3) is 0.933. The van der Waals surface area contributed by atoms with Crippen molar-refractivity contribution in [1.29, 1.82) is 0 Å². The summed E-state index contributed by atoms with van der Waals surface area (Å²) in [5.74, 6) is 0.942. The third-order valence-electron chi connectivity index (χ3n) is 4.66. The lowest BCUT2D eigenvalue weighted by atomic mass is 9.67. The average molecular weight is 396 g/mol. The number of aliphatic imine (C=N–C) groups is 1. The highest BCUT2D eigenvalue weighted by Gasteiger charge is 2.34.